The average Bonchev–Trinajstić information content (AvgIpc) is 3.13. The standard InChI is InChI=1S/C32H40N5O8P.C4H5NO2/c1-32(2)28-22(34-12-11-33-14-16-38)8-7-21(26(28)30(40)27-23(39)9-10-25(46)29(27)32)35-13-15-36(3)31(41)45-18-19-5-6-20(37(42)43)17-24(19)44-4;1-3-4(2)5(6)7/h5-10,17,33-35,38-39H,11-16,18,46H2,1-4H3;3H,1-2H2. The van der Waals surface area contributed by atoms with Gasteiger partial charge in [-0.2, -0.15) is 0 Å². The van der Waals surface area contributed by atoms with Crippen molar-refractivity contribution in [1.29, 1.82) is 0 Å². The lowest BCUT2D eigenvalue weighted by Crippen LogP contribution is -2.37. The highest BCUT2D eigenvalue weighted by atomic mass is 31.0. The zero-order valence-electron chi connectivity index (χ0n) is 30.1. The molecule has 16 nitrogen and oxygen atoms in total. The monoisotopic (exact) mass is 752 g/mol. The maximum atomic E-state index is 14.1. The van der Waals surface area contributed by atoms with Crippen molar-refractivity contribution in [2.75, 3.05) is 64.1 Å². The van der Waals surface area contributed by atoms with Crippen LogP contribution in [0.1, 0.15) is 46.5 Å². The van der Waals surface area contributed by atoms with Crippen LogP contribution in [-0.2, 0) is 16.8 Å². The van der Waals surface area contributed by atoms with E-state index in [0.717, 1.165) is 28.2 Å². The fourth-order valence-electron chi connectivity index (χ4n) is 5.77. The number of likely N-dealkylation sites (N-methyl/N-ethyl adjacent to an activating group) is 1. The summed E-state index contributed by atoms with van der Waals surface area (Å²) in [6, 6.07) is 11.1. The molecule has 1 aliphatic carbocycles. The number of amides is 1. The molecule has 0 bridgehead atoms. The number of aliphatic hydroxyl groups excluding tert-OH is 1. The Kier molecular flexibility index (Phi) is 14.8. The lowest BCUT2D eigenvalue weighted by molar-refractivity contribution is -0.418. The highest BCUT2D eigenvalue weighted by molar-refractivity contribution is 7.27. The molecule has 5 N–H and O–H groups in total. The van der Waals surface area contributed by atoms with E-state index in [4.69, 9.17) is 14.6 Å². The van der Waals surface area contributed by atoms with Crippen LogP contribution in [0.15, 0.2) is 67.4 Å². The molecule has 1 aliphatic rings. The molecule has 4 rings (SSSR count). The number of non-ortho nitro benzene ring substituents is 1. The first kappa shape index (κ1) is 41.8. The topological polar surface area (TPSA) is 219 Å². The van der Waals surface area contributed by atoms with E-state index < -0.39 is 21.4 Å². The van der Waals surface area contributed by atoms with Crippen molar-refractivity contribution in [3.8, 4) is 11.5 Å². The van der Waals surface area contributed by atoms with Crippen LogP contribution in [0.25, 0.3) is 0 Å². The van der Waals surface area contributed by atoms with Crippen LogP contribution in [0.4, 0.5) is 21.9 Å². The number of allylic oxidation sites excluding steroid dienone is 1. The van der Waals surface area contributed by atoms with E-state index in [1.54, 1.807) is 13.1 Å². The number of phenolic OH excluding ortho intramolecular Hbond substituents is 1. The van der Waals surface area contributed by atoms with Crippen LogP contribution in [-0.4, -0.2) is 90.3 Å². The number of anilines is 2. The van der Waals surface area contributed by atoms with Crippen molar-refractivity contribution < 1.29 is 39.1 Å². The van der Waals surface area contributed by atoms with E-state index in [0.29, 0.717) is 36.4 Å². The quantitative estimate of drug-likeness (QED) is 0.0453. The number of carbonyl (C=O) groups is 2. The highest BCUT2D eigenvalue weighted by Gasteiger charge is 2.42. The van der Waals surface area contributed by atoms with Crippen LogP contribution in [0, 0.1) is 20.2 Å². The molecule has 0 aromatic heterocycles. The molecule has 0 aliphatic heterocycles. The van der Waals surface area contributed by atoms with Gasteiger partial charge in [0.25, 0.3) is 11.4 Å². The molecule has 1 amide bonds. The molecular formula is C36H45N6O10P. The predicted octanol–water partition coefficient (Wildman–Crippen LogP) is 4.32. The molecule has 0 heterocycles. The lowest BCUT2D eigenvalue weighted by atomic mass is 9.67. The number of nitrogens with one attached hydrogen (secondary N) is 3. The van der Waals surface area contributed by atoms with Crippen LogP contribution in [0.2, 0.25) is 0 Å². The van der Waals surface area contributed by atoms with Gasteiger partial charge in [-0.05, 0) is 47.3 Å². The Labute approximate surface area is 309 Å². The summed E-state index contributed by atoms with van der Waals surface area (Å²) < 4.78 is 10.6. The molecule has 284 valence electrons. The average molecular weight is 753 g/mol. The summed E-state index contributed by atoms with van der Waals surface area (Å²) in [7, 11) is 5.63. The Morgan fingerprint density at radius 2 is 1.70 bits per heavy atom. The molecule has 0 spiro atoms. The summed E-state index contributed by atoms with van der Waals surface area (Å²) in [6.45, 7) is 12.3. The molecule has 17 heteroatoms. The number of hydrogen-bond acceptors (Lipinski definition) is 13. The molecule has 53 heavy (non-hydrogen) atoms. The normalized spacial score (nSPS) is 12.2. The lowest BCUT2D eigenvalue weighted by Gasteiger charge is -2.38. The Bertz CT molecular complexity index is 1880. The van der Waals surface area contributed by atoms with E-state index in [-0.39, 0.29) is 60.5 Å². The maximum absolute atomic E-state index is 14.1. The number of carbonyl (C=O) groups excluding carboxylic acids is 2. The largest absolute Gasteiger partial charge is 0.507 e. The van der Waals surface area contributed by atoms with Crippen LogP contribution in [0.3, 0.4) is 0 Å². The second-order valence-corrected chi connectivity index (χ2v) is 12.9. The second-order valence-electron chi connectivity index (χ2n) is 12.3. The number of nitrogens with zero attached hydrogens (tertiary/aromatic N) is 3. The number of ketones is 1. The zero-order valence-corrected chi connectivity index (χ0v) is 31.2. The molecule has 1 atom stereocenters. The first-order chi connectivity index (χ1) is 25.1. The first-order valence-electron chi connectivity index (χ1n) is 16.4. The van der Waals surface area contributed by atoms with Crippen molar-refractivity contribution in [3.05, 3.63) is 115 Å². The van der Waals surface area contributed by atoms with E-state index in [1.165, 1.54) is 36.3 Å². The fraction of sp³-hybridized carbons (Fsp3) is 0.333. The molecule has 3 aromatic rings. The number of ether oxygens (including phenoxy) is 2. The van der Waals surface area contributed by atoms with Crippen LogP contribution >= 0.6 is 9.24 Å². The SMILES string of the molecule is C=CC(=C)[N+](=O)[O-].COc1cc([N+](=O)[O-])ccc1COC(=O)N(C)CCNc1ccc(NCCNCCO)c2c1C(=O)c1c(O)ccc(P)c1C2(C)C. The van der Waals surface area contributed by atoms with E-state index in [1.807, 2.05) is 26.0 Å². The Balaban J connectivity index is 0.000000980. The summed E-state index contributed by atoms with van der Waals surface area (Å²) in [5, 5.41) is 51.2. The smallest absolute Gasteiger partial charge is 0.409 e. The molecule has 3 aromatic carbocycles. The summed E-state index contributed by atoms with van der Waals surface area (Å²) in [5.41, 5.74) is 3.09. The maximum Gasteiger partial charge on any atom is 0.409 e. The summed E-state index contributed by atoms with van der Waals surface area (Å²) in [5.74, 6) is -0.153. The van der Waals surface area contributed by atoms with Gasteiger partial charge in [0.05, 0.1) is 40.8 Å². The minimum Gasteiger partial charge on any atom is -0.507 e. The summed E-state index contributed by atoms with van der Waals surface area (Å²) in [4.78, 5) is 47.7. The third kappa shape index (κ3) is 10.1. The Morgan fingerprint density at radius 3 is 2.30 bits per heavy atom. The van der Waals surface area contributed by atoms with Gasteiger partial charge >= 0.3 is 6.09 Å². The van der Waals surface area contributed by atoms with E-state index in [9.17, 15) is 34.9 Å². The van der Waals surface area contributed by atoms with Crippen LogP contribution < -0.4 is 26.0 Å². The number of nitro groups is 2. The van der Waals surface area contributed by atoms with Gasteiger partial charge in [0, 0.05) is 74.3 Å². The van der Waals surface area contributed by atoms with Gasteiger partial charge in [-0.15, -0.1) is 9.24 Å². The number of hydrogen-bond donors (Lipinski definition) is 5. The van der Waals surface area contributed by atoms with Crippen molar-refractivity contribution in [2.24, 2.45) is 0 Å². The number of aromatic hydroxyl groups is 1. The van der Waals surface area contributed by atoms with Gasteiger partial charge in [-0.1, -0.05) is 26.5 Å². The molecule has 1 unspecified atom stereocenters. The van der Waals surface area contributed by atoms with E-state index in [2.05, 4.69) is 38.3 Å². The third-order valence-corrected chi connectivity index (χ3v) is 8.89. The Morgan fingerprint density at radius 1 is 1.02 bits per heavy atom. The van der Waals surface area contributed by atoms with E-state index >= 15 is 0 Å². The van der Waals surface area contributed by atoms with Gasteiger partial charge < -0.3 is 40.5 Å². The van der Waals surface area contributed by atoms with Crippen molar-refractivity contribution in [3.63, 3.8) is 0 Å². The molecular weight excluding hydrogens is 707 g/mol. The molecule has 0 saturated heterocycles. The number of benzene rings is 3. The van der Waals surface area contributed by atoms with Crippen molar-refractivity contribution in [1.82, 2.24) is 10.2 Å². The van der Waals surface area contributed by atoms with Gasteiger partial charge in [-0.3, -0.25) is 25.0 Å². The number of rotatable bonds is 16. The van der Waals surface area contributed by atoms with Crippen molar-refractivity contribution >= 4 is 43.5 Å². The van der Waals surface area contributed by atoms with Gasteiger partial charge in [0.15, 0.2) is 5.78 Å². The number of methoxy groups -OCH3 is 1. The highest BCUT2D eigenvalue weighted by Crippen LogP contribution is 2.48. The first-order valence-corrected chi connectivity index (χ1v) is 17.0. The van der Waals surface area contributed by atoms with Crippen LogP contribution in [0.5, 0.6) is 11.5 Å². The molecule has 0 fully saturated rings. The number of nitro benzene ring substituents is 1. The zero-order chi connectivity index (χ0) is 39.5. The number of fused-ring (bicyclic) bond motifs is 2. The van der Waals surface area contributed by atoms with Crippen molar-refractivity contribution in [2.45, 2.75) is 25.9 Å². The number of aliphatic hydroxyl groups is 1. The predicted molar refractivity (Wildman–Crippen MR) is 205 cm³/mol. The van der Waals surface area contributed by atoms with Gasteiger partial charge in [0.1, 0.15) is 18.1 Å². The minimum absolute atomic E-state index is 0.0377. The molecule has 0 saturated carbocycles. The van der Waals surface area contributed by atoms with Gasteiger partial charge in [0.2, 0.25) is 0 Å². The molecule has 0 radical (unpaired) electrons. The fourth-order valence-corrected chi connectivity index (χ4v) is 6.37. The Hall–Kier alpha value is -5.57. The second kappa shape index (κ2) is 18.8. The van der Waals surface area contributed by atoms with Gasteiger partial charge in [-0.25, -0.2) is 4.79 Å². The number of phenols is 1. The minimum atomic E-state index is -0.660. The summed E-state index contributed by atoms with van der Waals surface area (Å²) >= 11 is 0. The third-order valence-electron chi connectivity index (χ3n) is 8.41. The summed E-state index contributed by atoms with van der Waals surface area (Å²) in [6.07, 6.45) is 0.489.